The van der Waals surface area contributed by atoms with E-state index >= 15 is 0 Å². The van der Waals surface area contributed by atoms with Crippen molar-refractivity contribution in [3.8, 4) is 22.3 Å². The fourth-order valence-electron chi connectivity index (χ4n) is 3.71. The van der Waals surface area contributed by atoms with Gasteiger partial charge in [0.25, 0.3) is 0 Å². The summed E-state index contributed by atoms with van der Waals surface area (Å²) in [6, 6.07) is 36.4. The summed E-state index contributed by atoms with van der Waals surface area (Å²) >= 11 is 0. The monoisotopic (exact) mass is 401 g/mol. The molecule has 1 nitrogen and oxygen atoms in total. The molecule has 4 aromatic rings. The van der Waals surface area contributed by atoms with Crippen LogP contribution in [0.15, 0.2) is 121 Å². The van der Waals surface area contributed by atoms with Gasteiger partial charge in [0.2, 0.25) is 0 Å². The Kier molecular flexibility index (Phi) is 6.44. The third kappa shape index (κ3) is 5.02. The van der Waals surface area contributed by atoms with Crippen LogP contribution in [-0.2, 0) is 0 Å². The second kappa shape index (κ2) is 9.77. The Morgan fingerprint density at radius 2 is 1.13 bits per heavy atom. The van der Waals surface area contributed by atoms with E-state index in [-0.39, 0.29) is 0 Å². The number of rotatable bonds is 6. The minimum atomic E-state index is 1.08. The lowest BCUT2D eigenvalue weighted by atomic mass is 9.99. The van der Waals surface area contributed by atoms with E-state index in [0.717, 1.165) is 11.4 Å². The number of anilines is 2. The highest BCUT2D eigenvalue weighted by Gasteiger charge is 2.03. The smallest absolute Gasteiger partial charge is 0.0384 e. The maximum atomic E-state index is 3.50. The first kappa shape index (κ1) is 20.4. The first-order valence-corrected chi connectivity index (χ1v) is 10.7. The first-order chi connectivity index (χ1) is 15.3. The molecule has 0 fully saturated rings. The van der Waals surface area contributed by atoms with E-state index < -0.39 is 0 Å². The molecule has 152 valence electrons. The summed E-state index contributed by atoms with van der Waals surface area (Å²) in [7, 11) is 0. The topological polar surface area (TPSA) is 12.0 Å². The van der Waals surface area contributed by atoms with Gasteiger partial charge in [-0.15, -0.1) is 0 Å². The van der Waals surface area contributed by atoms with Crippen molar-refractivity contribution >= 4 is 16.9 Å². The lowest BCUT2D eigenvalue weighted by Crippen LogP contribution is -1.91. The summed E-state index contributed by atoms with van der Waals surface area (Å²) in [5.74, 6) is 0. The van der Waals surface area contributed by atoms with Crippen LogP contribution in [-0.4, -0.2) is 0 Å². The fourth-order valence-corrected chi connectivity index (χ4v) is 3.71. The number of hydrogen-bond donors (Lipinski definition) is 1. The predicted molar refractivity (Wildman–Crippen MR) is 136 cm³/mol. The Labute approximate surface area is 185 Å². The largest absolute Gasteiger partial charge is 0.356 e. The maximum Gasteiger partial charge on any atom is 0.0384 e. The summed E-state index contributed by atoms with van der Waals surface area (Å²) in [4.78, 5) is 0. The van der Waals surface area contributed by atoms with Crippen molar-refractivity contribution in [1.82, 2.24) is 0 Å². The minimum Gasteiger partial charge on any atom is -0.356 e. The molecule has 31 heavy (non-hydrogen) atoms. The highest BCUT2D eigenvalue weighted by molar-refractivity contribution is 5.76. The molecule has 0 aliphatic heterocycles. The molecule has 0 amide bonds. The molecular weight excluding hydrogens is 374 g/mol. The van der Waals surface area contributed by atoms with Crippen LogP contribution in [0.2, 0.25) is 0 Å². The van der Waals surface area contributed by atoms with Crippen molar-refractivity contribution in [2.45, 2.75) is 13.8 Å². The van der Waals surface area contributed by atoms with Crippen LogP contribution in [0.1, 0.15) is 19.4 Å². The molecule has 4 rings (SSSR count). The molecule has 1 heteroatoms. The standard InChI is InChI=1S/C30H27N/c1-3-9-23(4-2)25-14-18-29(19-15-25)31-30-20-16-26(17-21-30)28-13-8-12-27(22-28)24-10-6-5-7-11-24/h3-22,31H,1-2H3. The highest BCUT2D eigenvalue weighted by Crippen LogP contribution is 2.28. The molecule has 4 aromatic carbocycles. The van der Waals surface area contributed by atoms with E-state index in [0.29, 0.717) is 0 Å². The molecule has 0 aromatic heterocycles. The quantitative estimate of drug-likeness (QED) is 0.318. The van der Waals surface area contributed by atoms with E-state index in [1.807, 2.05) is 13.0 Å². The van der Waals surface area contributed by atoms with Gasteiger partial charge in [-0.2, -0.15) is 0 Å². The van der Waals surface area contributed by atoms with Crippen LogP contribution < -0.4 is 5.32 Å². The first-order valence-electron chi connectivity index (χ1n) is 10.7. The zero-order chi connectivity index (χ0) is 21.5. The van der Waals surface area contributed by atoms with E-state index in [1.165, 1.54) is 33.4 Å². The Hall–Kier alpha value is -3.84. The van der Waals surface area contributed by atoms with Crippen molar-refractivity contribution < 1.29 is 0 Å². The Morgan fingerprint density at radius 3 is 1.71 bits per heavy atom. The molecular formula is C30H27N. The van der Waals surface area contributed by atoms with Crippen LogP contribution in [0.5, 0.6) is 0 Å². The van der Waals surface area contributed by atoms with E-state index in [1.54, 1.807) is 0 Å². The van der Waals surface area contributed by atoms with Gasteiger partial charge >= 0.3 is 0 Å². The number of benzene rings is 4. The van der Waals surface area contributed by atoms with Crippen LogP contribution in [0.25, 0.3) is 27.8 Å². The van der Waals surface area contributed by atoms with Gasteiger partial charge in [-0.25, -0.2) is 0 Å². The van der Waals surface area contributed by atoms with Gasteiger partial charge in [0.15, 0.2) is 0 Å². The van der Waals surface area contributed by atoms with Gasteiger partial charge < -0.3 is 5.32 Å². The molecule has 0 saturated carbocycles. The molecule has 0 spiro atoms. The second-order valence-electron chi connectivity index (χ2n) is 7.47. The summed E-state index contributed by atoms with van der Waals surface area (Å²) < 4.78 is 0. The third-order valence-electron chi connectivity index (χ3n) is 5.35. The third-order valence-corrected chi connectivity index (χ3v) is 5.35. The molecule has 0 aliphatic rings. The zero-order valence-electron chi connectivity index (χ0n) is 18.0. The summed E-state index contributed by atoms with van der Waals surface area (Å²) in [6.07, 6.45) is 6.33. The van der Waals surface area contributed by atoms with Crippen LogP contribution in [0.4, 0.5) is 11.4 Å². The fraction of sp³-hybridized carbons (Fsp3) is 0.0667. The molecule has 1 N–H and O–H groups in total. The molecule has 0 radical (unpaired) electrons. The van der Waals surface area contributed by atoms with Gasteiger partial charge in [0.05, 0.1) is 0 Å². The molecule has 0 saturated heterocycles. The Bertz CT molecular complexity index is 1180. The lowest BCUT2D eigenvalue weighted by Gasteiger charge is -2.10. The molecule has 0 bridgehead atoms. The SMILES string of the molecule is CC=CC(=CC)c1ccc(Nc2ccc(-c3cccc(-c4ccccc4)c3)cc2)cc1. The average molecular weight is 402 g/mol. The van der Waals surface area contributed by atoms with E-state index in [4.69, 9.17) is 0 Å². The summed E-state index contributed by atoms with van der Waals surface area (Å²) in [5, 5.41) is 3.50. The number of allylic oxidation sites excluding steroid dienone is 4. The Morgan fingerprint density at radius 1 is 0.581 bits per heavy atom. The van der Waals surface area contributed by atoms with Gasteiger partial charge in [-0.1, -0.05) is 91.0 Å². The van der Waals surface area contributed by atoms with E-state index in [2.05, 4.69) is 128 Å². The van der Waals surface area contributed by atoms with Gasteiger partial charge in [-0.3, -0.25) is 0 Å². The van der Waals surface area contributed by atoms with Crippen LogP contribution >= 0.6 is 0 Å². The molecule has 0 unspecified atom stereocenters. The molecule has 0 heterocycles. The number of nitrogens with one attached hydrogen (secondary N) is 1. The van der Waals surface area contributed by atoms with E-state index in [9.17, 15) is 0 Å². The van der Waals surface area contributed by atoms with Crippen molar-refractivity contribution in [1.29, 1.82) is 0 Å². The lowest BCUT2D eigenvalue weighted by molar-refractivity contribution is 1.52. The highest BCUT2D eigenvalue weighted by atomic mass is 14.9. The molecule has 0 aliphatic carbocycles. The van der Waals surface area contributed by atoms with Gasteiger partial charge in [-0.05, 0) is 77.6 Å². The zero-order valence-corrected chi connectivity index (χ0v) is 18.0. The average Bonchev–Trinajstić information content (AvgIpc) is 2.84. The minimum absolute atomic E-state index is 1.08. The van der Waals surface area contributed by atoms with Crippen LogP contribution in [0.3, 0.4) is 0 Å². The maximum absolute atomic E-state index is 3.50. The molecule has 0 atom stereocenters. The van der Waals surface area contributed by atoms with Gasteiger partial charge in [0, 0.05) is 11.4 Å². The Balaban J connectivity index is 1.49. The summed E-state index contributed by atoms with van der Waals surface area (Å²) in [6.45, 7) is 4.11. The summed E-state index contributed by atoms with van der Waals surface area (Å²) in [5.41, 5.74) is 9.52. The van der Waals surface area contributed by atoms with Crippen molar-refractivity contribution in [2.75, 3.05) is 5.32 Å². The van der Waals surface area contributed by atoms with Crippen molar-refractivity contribution in [3.63, 3.8) is 0 Å². The van der Waals surface area contributed by atoms with Crippen molar-refractivity contribution in [3.05, 3.63) is 127 Å². The predicted octanol–water partition coefficient (Wildman–Crippen LogP) is 8.74. The van der Waals surface area contributed by atoms with Crippen LogP contribution in [0, 0.1) is 0 Å². The normalized spacial score (nSPS) is 11.6. The van der Waals surface area contributed by atoms with Crippen molar-refractivity contribution in [2.24, 2.45) is 0 Å². The van der Waals surface area contributed by atoms with Gasteiger partial charge in [0.1, 0.15) is 0 Å². The second-order valence-corrected chi connectivity index (χ2v) is 7.47. The number of hydrogen-bond acceptors (Lipinski definition) is 1.